The molecule has 0 heterocycles. The minimum absolute atomic E-state index is 0.00176. The molecule has 0 radical (unpaired) electrons. The molecule has 0 saturated carbocycles. The zero-order chi connectivity index (χ0) is 10.4. The van der Waals surface area contributed by atoms with Crippen LogP contribution in [-0.2, 0) is 4.79 Å². The first kappa shape index (κ1) is 11.2. The first-order valence-electron chi connectivity index (χ1n) is 3.74. The van der Waals surface area contributed by atoms with E-state index in [1.54, 1.807) is 30.2 Å². The van der Waals surface area contributed by atoms with Gasteiger partial charge in [0.15, 0.2) is 0 Å². The maximum atomic E-state index is 10.7. The van der Waals surface area contributed by atoms with Crippen LogP contribution in [0, 0.1) is 11.3 Å². The van der Waals surface area contributed by atoms with Crippen LogP contribution in [0.25, 0.3) is 0 Å². The van der Waals surface area contributed by atoms with Gasteiger partial charge in [-0.05, 0) is 24.8 Å². The number of nitrogens with two attached hydrogens (primary N) is 1. The van der Waals surface area contributed by atoms with Crippen molar-refractivity contribution in [3.8, 4) is 6.07 Å². The summed E-state index contributed by atoms with van der Waals surface area (Å²) in [4.78, 5) is 12.5. The van der Waals surface area contributed by atoms with Gasteiger partial charge in [-0.3, -0.25) is 4.79 Å². The Kier molecular flexibility index (Phi) is 4.31. The number of primary amides is 1. The molecule has 0 aromatic heterocycles. The Hall–Kier alpha value is -1.76. The van der Waals surface area contributed by atoms with Crippen LogP contribution >= 0.6 is 0 Å². The number of rotatable bonds is 3. The van der Waals surface area contributed by atoms with Crippen LogP contribution in [0.4, 0.5) is 0 Å². The summed E-state index contributed by atoms with van der Waals surface area (Å²) >= 11 is 0. The van der Waals surface area contributed by atoms with Gasteiger partial charge in [0.05, 0.1) is 0 Å². The predicted molar refractivity (Wildman–Crippen MR) is 50.3 cm³/mol. The lowest BCUT2D eigenvalue weighted by atomic mass is 10.1. The van der Waals surface area contributed by atoms with Gasteiger partial charge in [0.25, 0.3) is 5.91 Å². The molecule has 0 unspecified atom stereocenters. The van der Waals surface area contributed by atoms with Gasteiger partial charge >= 0.3 is 0 Å². The summed E-state index contributed by atoms with van der Waals surface area (Å²) < 4.78 is 0. The Labute approximate surface area is 77.9 Å². The van der Waals surface area contributed by atoms with Gasteiger partial charge in [-0.25, -0.2) is 0 Å². The summed E-state index contributed by atoms with van der Waals surface area (Å²) in [6.45, 7) is 1.67. The third-order valence-corrected chi connectivity index (χ3v) is 1.38. The number of nitrogens with zero attached hydrogens (tertiary/aromatic N) is 2. The van der Waals surface area contributed by atoms with E-state index in [1.165, 1.54) is 0 Å². The minimum Gasteiger partial charge on any atom is -0.383 e. The fourth-order valence-electron chi connectivity index (χ4n) is 0.682. The molecule has 0 aromatic rings. The van der Waals surface area contributed by atoms with Crippen molar-refractivity contribution in [3.63, 3.8) is 0 Å². The van der Waals surface area contributed by atoms with E-state index in [4.69, 9.17) is 11.0 Å². The van der Waals surface area contributed by atoms with Crippen LogP contribution < -0.4 is 5.73 Å². The third kappa shape index (κ3) is 3.97. The van der Waals surface area contributed by atoms with Gasteiger partial charge in [0.1, 0.15) is 11.6 Å². The standard InChI is InChI=1S/C9H13N3O/c1-7(4-5-12(2)3)8(6-10)9(11)13/h4-5H,1-3H3,(H2,11,13)/b5-4+,8-7+. The van der Waals surface area contributed by atoms with Crippen molar-refractivity contribution >= 4 is 5.91 Å². The largest absolute Gasteiger partial charge is 0.383 e. The maximum Gasteiger partial charge on any atom is 0.259 e. The molecule has 0 aromatic carbocycles. The molecule has 4 heteroatoms. The van der Waals surface area contributed by atoms with Crippen LogP contribution in [0.1, 0.15) is 6.92 Å². The average Bonchev–Trinajstić information content (AvgIpc) is 2.01. The van der Waals surface area contributed by atoms with Gasteiger partial charge in [-0.15, -0.1) is 0 Å². The van der Waals surface area contributed by atoms with Crippen molar-refractivity contribution in [2.75, 3.05) is 14.1 Å². The highest BCUT2D eigenvalue weighted by molar-refractivity contribution is 5.97. The molecule has 0 rings (SSSR count). The first-order chi connectivity index (χ1) is 5.99. The molecule has 13 heavy (non-hydrogen) atoms. The highest BCUT2D eigenvalue weighted by Crippen LogP contribution is 2.03. The van der Waals surface area contributed by atoms with Gasteiger partial charge in [0, 0.05) is 14.1 Å². The quantitative estimate of drug-likeness (QED) is 0.387. The first-order valence-corrected chi connectivity index (χ1v) is 3.74. The lowest BCUT2D eigenvalue weighted by molar-refractivity contribution is -0.114. The molecule has 0 spiro atoms. The van der Waals surface area contributed by atoms with E-state index in [-0.39, 0.29) is 5.57 Å². The average molecular weight is 179 g/mol. The molecular formula is C9H13N3O. The fourth-order valence-corrected chi connectivity index (χ4v) is 0.682. The van der Waals surface area contributed by atoms with E-state index in [1.807, 2.05) is 14.1 Å². The van der Waals surface area contributed by atoms with E-state index in [9.17, 15) is 4.79 Å². The van der Waals surface area contributed by atoms with Crippen molar-refractivity contribution in [2.45, 2.75) is 6.92 Å². The molecule has 1 amide bonds. The number of nitriles is 1. The van der Waals surface area contributed by atoms with Gasteiger partial charge in [-0.2, -0.15) is 5.26 Å². The van der Waals surface area contributed by atoms with E-state index in [0.29, 0.717) is 5.57 Å². The number of allylic oxidation sites excluding steroid dienone is 2. The molecule has 2 N–H and O–H groups in total. The van der Waals surface area contributed by atoms with Crippen LogP contribution in [-0.4, -0.2) is 24.9 Å². The highest BCUT2D eigenvalue weighted by Gasteiger charge is 2.05. The van der Waals surface area contributed by atoms with Crippen LogP contribution in [0.5, 0.6) is 0 Å². The van der Waals surface area contributed by atoms with Crippen molar-refractivity contribution in [3.05, 3.63) is 23.4 Å². The summed E-state index contributed by atoms with van der Waals surface area (Å²) in [5.74, 6) is -0.691. The van der Waals surface area contributed by atoms with Gasteiger partial charge in [0.2, 0.25) is 0 Å². The number of hydrogen-bond donors (Lipinski definition) is 1. The van der Waals surface area contributed by atoms with Crippen LogP contribution in [0.15, 0.2) is 23.4 Å². The Morgan fingerprint density at radius 3 is 2.38 bits per heavy atom. The minimum atomic E-state index is -0.691. The predicted octanol–water partition coefficient (Wildman–Crippen LogP) is 0.387. The van der Waals surface area contributed by atoms with Crippen molar-refractivity contribution in [1.29, 1.82) is 5.26 Å². The van der Waals surface area contributed by atoms with Gasteiger partial charge in [-0.1, -0.05) is 0 Å². The molecule has 70 valence electrons. The van der Waals surface area contributed by atoms with E-state index < -0.39 is 5.91 Å². The number of carbonyl (C=O) groups excluding carboxylic acids is 1. The Morgan fingerprint density at radius 1 is 1.54 bits per heavy atom. The normalized spacial score (nSPS) is 12.2. The van der Waals surface area contributed by atoms with Crippen LogP contribution in [0.2, 0.25) is 0 Å². The molecule has 0 aliphatic carbocycles. The number of amides is 1. The van der Waals surface area contributed by atoms with Crippen molar-refractivity contribution < 1.29 is 4.79 Å². The van der Waals surface area contributed by atoms with Crippen molar-refractivity contribution in [1.82, 2.24) is 4.90 Å². The lowest BCUT2D eigenvalue weighted by Crippen LogP contribution is -2.14. The Morgan fingerprint density at radius 2 is 2.08 bits per heavy atom. The molecule has 4 nitrogen and oxygen atoms in total. The maximum absolute atomic E-state index is 10.7. The second-order valence-electron chi connectivity index (χ2n) is 2.81. The monoisotopic (exact) mass is 179 g/mol. The lowest BCUT2D eigenvalue weighted by Gasteiger charge is -2.03. The molecule has 0 fully saturated rings. The Bertz CT molecular complexity index is 294. The smallest absolute Gasteiger partial charge is 0.259 e. The second-order valence-corrected chi connectivity index (χ2v) is 2.81. The zero-order valence-corrected chi connectivity index (χ0v) is 8.03. The fraction of sp³-hybridized carbons (Fsp3) is 0.333. The molecular weight excluding hydrogens is 166 g/mol. The van der Waals surface area contributed by atoms with E-state index >= 15 is 0 Å². The highest BCUT2D eigenvalue weighted by atomic mass is 16.1. The summed E-state index contributed by atoms with van der Waals surface area (Å²) in [6.07, 6.45) is 3.42. The van der Waals surface area contributed by atoms with E-state index in [2.05, 4.69) is 0 Å². The van der Waals surface area contributed by atoms with Gasteiger partial charge < -0.3 is 10.6 Å². The number of carbonyl (C=O) groups is 1. The summed E-state index contributed by atoms with van der Waals surface area (Å²) in [5.41, 5.74) is 5.56. The summed E-state index contributed by atoms with van der Waals surface area (Å²) in [7, 11) is 3.69. The SMILES string of the molecule is CC(/C=C/N(C)C)=C(/C#N)C(N)=O. The van der Waals surface area contributed by atoms with Crippen LogP contribution in [0.3, 0.4) is 0 Å². The molecule has 0 aliphatic heterocycles. The number of hydrogen-bond acceptors (Lipinski definition) is 3. The topological polar surface area (TPSA) is 70.1 Å². The van der Waals surface area contributed by atoms with Crippen molar-refractivity contribution in [2.24, 2.45) is 5.73 Å². The zero-order valence-electron chi connectivity index (χ0n) is 8.03. The Balaban J connectivity index is 4.80. The molecule has 0 saturated heterocycles. The van der Waals surface area contributed by atoms with E-state index in [0.717, 1.165) is 0 Å². The molecule has 0 aliphatic rings. The molecule has 0 atom stereocenters. The molecule has 0 bridgehead atoms. The second kappa shape index (κ2) is 4.99. The summed E-state index contributed by atoms with van der Waals surface area (Å²) in [6, 6.07) is 1.76. The summed E-state index contributed by atoms with van der Waals surface area (Å²) in [5, 5.41) is 8.58. The third-order valence-electron chi connectivity index (χ3n) is 1.38.